The lowest BCUT2D eigenvalue weighted by Gasteiger charge is -2.19. The van der Waals surface area contributed by atoms with Crippen LogP contribution >= 0.6 is 0 Å². The van der Waals surface area contributed by atoms with Gasteiger partial charge in [0.05, 0.1) is 16.6 Å². The maximum Gasteiger partial charge on any atom is 0.261 e. The highest BCUT2D eigenvalue weighted by molar-refractivity contribution is 7.92. The van der Waals surface area contributed by atoms with E-state index in [1.54, 1.807) is 16.7 Å². The summed E-state index contributed by atoms with van der Waals surface area (Å²) in [6.07, 6.45) is 2.33. The summed E-state index contributed by atoms with van der Waals surface area (Å²) in [5.41, 5.74) is 0.845. The van der Waals surface area contributed by atoms with Crippen molar-refractivity contribution in [2.45, 2.75) is 43.5 Å². The Hall–Kier alpha value is -2.85. The lowest BCUT2D eigenvalue weighted by atomic mass is 9.87. The monoisotopic (exact) mass is 461 g/mol. The first-order valence-electron chi connectivity index (χ1n) is 10.3. The van der Waals surface area contributed by atoms with E-state index in [0.717, 1.165) is 30.7 Å². The Bertz CT molecular complexity index is 1230. The third-order valence-corrected chi connectivity index (χ3v) is 6.96. The van der Waals surface area contributed by atoms with Gasteiger partial charge in [0.1, 0.15) is 6.33 Å². The lowest BCUT2D eigenvalue weighted by Crippen LogP contribution is -2.17. The van der Waals surface area contributed by atoms with Gasteiger partial charge in [-0.25, -0.2) is 17.2 Å². The van der Waals surface area contributed by atoms with Gasteiger partial charge in [0, 0.05) is 18.2 Å². The smallest absolute Gasteiger partial charge is 0.261 e. The van der Waals surface area contributed by atoms with Gasteiger partial charge < -0.3 is 9.88 Å². The summed E-state index contributed by atoms with van der Waals surface area (Å²) < 4.78 is 58.5. The summed E-state index contributed by atoms with van der Waals surface area (Å²) in [5.74, 6) is -2.00. The van der Waals surface area contributed by atoms with Crippen molar-refractivity contribution in [1.82, 2.24) is 20.1 Å². The van der Waals surface area contributed by atoms with Crippen LogP contribution in [0.1, 0.15) is 38.8 Å². The van der Waals surface area contributed by atoms with Crippen molar-refractivity contribution in [3.05, 3.63) is 59.9 Å². The van der Waals surface area contributed by atoms with Gasteiger partial charge in [-0.05, 0) is 42.1 Å². The number of benzene rings is 2. The van der Waals surface area contributed by atoms with Crippen LogP contribution in [0.5, 0.6) is 0 Å². The molecule has 4 rings (SSSR count). The van der Waals surface area contributed by atoms with Gasteiger partial charge in [-0.2, -0.15) is 0 Å². The second-order valence-electron chi connectivity index (χ2n) is 8.90. The summed E-state index contributed by atoms with van der Waals surface area (Å²) in [7, 11) is -4.06. The molecule has 2 aromatic carbocycles. The van der Waals surface area contributed by atoms with Gasteiger partial charge in [-0.3, -0.25) is 4.72 Å². The summed E-state index contributed by atoms with van der Waals surface area (Å²) in [6.45, 7) is 7.56. The van der Waals surface area contributed by atoms with Crippen molar-refractivity contribution >= 4 is 15.7 Å². The summed E-state index contributed by atoms with van der Waals surface area (Å²) in [6, 6.07) is 8.28. The second kappa shape index (κ2) is 8.25. The molecule has 0 spiro atoms. The molecule has 32 heavy (non-hydrogen) atoms. The molecule has 0 aliphatic carbocycles. The van der Waals surface area contributed by atoms with Crippen molar-refractivity contribution < 1.29 is 17.2 Å². The number of aromatic nitrogens is 3. The average molecular weight is 462 g/mol. The lowest BCUT2D eigenvalue weighted by molar-refractivity contribution is 0.508. The molecule has 3 aromatic rings. The van der Waals surface area contributed by atoms with Crippen molar-refractivity contribution in [2.24, 2.45) is 0 Å². The Balaban J connectivity index is 1.73. The Morgan fingerprint density at radius 2 is 1.81 bits per heavy atom. The predicted octanol–water partition coefficient (Wildman–Crippen LogP) is 3.86. The first-order valence-corrected chi connectivity index (χ1v) is 11.8. The zero-order valence-electron chi connectivity index (χ0n) is 18.1. The quantitative estimate of drug-likeness (QED) is 0.602. The van der Waals surface area contributed by atoms with E-state index in [0.29, 0.717) is 6.54 Å². The molecule has 0 radical (unpaired) electrons. The first-order chi connectivity index (χ1) is 15.1. The molecule has 0 amide bonds. The van der Waals surface area contributed by atoms with Gasteiger partial charge in [0.25, 0.3) is 10.0 Å². The standard InChI is InChI=1S/C22H25F2N5O2S/c1-22(2,3)14-4-6-16(7-5-14)32(30,31)28-20-11-19(24)18(23)10-17(20)21-27-26-13-29(21)15-8-9-25-12-15/h4-7,10-11,13,15,25,28H,8-9,12H2,1-3H3/t15-/m0/s1. The molecule has 1 aliphatic heterocycles. The highest BCUT2D eigenvalue weighted by atomic mass is 32.2. The Morgan fingerprint density at radius 1 is 1.12 bits per heavy atom. The average Bonchev–Trinajstić information content (AvgIpc) is 3.41. The molecule has 0 bridgehead atoms. The molecular weight excluding hydrogens is 436 g/mol. The number of nitrogens with one attached hydrogen (secondary N) is 2. The van der Waals surface area contributed by atoms with Gasteiger partial charge in [0.15, 0.2) is 17.5 Å². The molecule has 1 aliphatic rings. The van der Waals surface area contributed by atoms with Crippen LogP contribution in [0.2, 0.25) is 0 Å². The minimum absolute atomic E-state index is 0.0163. The number of hydrogen-bond donors (Lipinski definition) is 2. The maximum absolute atomic E-state index is 14.1. The maximum atomic E-state index is 14.1. The SMILES string of the molecule is CC(C)(C)c1ccc(S(=O)(=O)Nc2cc(F)c(F)cc2-c2nncn2[C@H]2CCNC2)cc1. The first kappa shape index (κ1) is 22.3. The second-order valence-corrected chi connectivity index (χ2v) is 10.6. The van der Waals surface area contributed by atoms with E-state index in [-0.39, 0.29) is 33.4 Å². The van der Waals surface area contributed by atoms with E-state index in [1.165, 1.54) is 18.5 Å². The van der Waals surface area contributed by atoms with Crippen molar-refractivity contribution in [3.63, 3.8) is 0 Å². The van der Waals surface area contributed by atoms with Crippen LogP contribution in [0.15, 0.2) is 47.6 Å². The number of rotatable bonds is 5. The highest BCUT2D eigenvalue weighted by Crippen LogP contribution is 2.33. The van der Waals surface area contributed by atoms with Crippen LogP contribution < -0.4 is 10.0 Å². The summed E-state index contributed by atoms with van der Waals surface area (Å²) >= 11 is 0. The molecule has 2 N–H and O–H groups in total. The third kappa shape index (κ3) is 4.37. The van der Waals surface area contributed by atoms with E-state index >= 15 is 0 Å². The number of hydrogen-bond acceptors (Lipinski definition) is 5. The minimum atomic E-state index is -4.06. The molecule has 170 valence electrons. The largest absolute Gasteiger partial charge is 0.315 e. The van der Waals surface area contributed by atoms with E-state index in [1.807, 2.05) is 20.8 Å². The molecular formula is C22H25F2N5O2S. The van der Waals surface area contributed by atoms with Crippen LogP contribution in [0, 0.1) is 11.6 Å². The molecule has 0 saturated carbocycles. The fraction of sp³-hybridized carbons (Fsp3) is 0.364. The number of sulfonamides is 1. The third-order valence-electron chi connectivity index (χ3n) is 5.58. The van der Waals surface area contributed by atoms with Crippen molar-refractivity contribution in [3.8, 4) is 11.4 Å². The van der Waals surface area contributed by atoms with Crippen LogP contribution in [0.3, 0.4) is 0 Å². The molecule has 10 heteroatoms. The fourth-order valence-electron chi connectivity index (χ4n) is 3.73. The van der Waals surface area contributed by atoms with E-state index < -0.39 is 21.7 Å². The van der Waals surface area contributed by atoms with Crippen LogP contribution in [-0.4, -0.2) is 36.3 Å². The van der Waals surface area contributed by atoms with Crippen molar-refractivity contribution in [2.75, 3.05) is 17.8 Å². The van der Waals surface area contributed by atoms with Crippen LogP contribution in [0.4, 0.5) is 14.5 Å². The topological polar surface area (TPSA) is 88.9 Å². The van der Waals surface area contributed by atoms with Gasteiger partial charge in [0.2, 0.25) is 0 Å². The number of anilines is 1. The van der Waals surface area contributed by atoms with E-state index in [2.05, 4.69) is 20.2 Å². The highest BCUT2D eigenvalue weighted by Gasteiger charge is 2.25. The molecule has 7 nitrogen and oxygen atoms in total. The molecule has 1 saturated heterocycles. The van der Waals surface area contributed by atoms with E-state index in [4.69, 9.17) is 0 Å². The Morgan fingerprint density at radius 3 is 2.44 bits per heavy atom. The summed E-state index contributed by atoms with van der Waals surface area (Å²) in [4.78, 5) is 0.0163. The van der Waals surface area contributed by atoms with Gasteiger partial charge in [-0.1, -0.05) is 32.9 Å². The zero-order valence-corrected chi connectivity index (χ0v) is 18.9. The number of halogens is 2. The minimum Gasteiger partial charge on any atom is -0.315 e. The van der Waals surface area contributed by atoms with Crippen LogP contribution in [-0.2, 0) is 15.4 Å². The zero-order chi connectivity index (χ0) is 23.1. The normalized spacial score (nSPS) is 17.0. The summed E-state index contributed by atoms with van der Waals surface area (Å²) in [5, 5.41) is 11.2. The molecule has 1 aromatic heterocycles. The van der Waals surface area contributed by atoms with E-state index in [9.17, 15) is 17.2 Å². The molecule has 2 heterocycles. The number of nitrogens with zero attached hydrogens (tertiary/aromatic N) is 3. The fourth-order valence-corrected chi connectivity index (χ4v) is 4.80. The molecule has 1 atom stereocenters. The van der Waals surface area contributed by atoms with Gasteiger partial charge >= 0.3 is 0 Å². The van der Waals surface area contributed by atoms with Gasteiger partial charge in [-0.15, -0.1) is 10.2 Å². The Kier molecular flexibility index (Phi) is 5.76. The molecule has 1 fully saturated rings. The van der Waals surface area contributed by atoms with Crippen LogP contribution in [0.25, 0.3) is 11.4 Å². The predicted molar refractivity (Wildman–Crippen MR) is 118 cm³/mol. The Labute approximate surface area is 185 Å². The van der Waals surface area contributed by atoms with Crippen molar-refractivity contribution in [1.29, 1.82) is 0 Å². The molecule has 0 unspecified atom stereocenters.